The largest absolute Gasteiger partial charge is 0.480 e. The van der Waals surface area contributed by atoms with Crippen LogP contribution in [0.1, 0.15) is 27.5 Å². The molecule has 2 N–H and O–H groups in total. The fourth-order valence-electron chi connectivity index (χ4n) is 4.37. The van der Waals surface area contributed by atoms with E-state index in [4.69, 9.17) is 14.0 Å². The fraction of sp³-hybridized carbons (Fsp3) is 0.250. The van der Waals surface area contributed by atoms with E-state index in [2.05, 4.69) is 10.5 Å². The maximum absolute atomic E-state index is 12.7. The Morgan fingerprint density at radius 3 is 2.44 bits per heavy atom. The number of benzene rings is 2. The summed E-state index contributed by atoms with van der Waals surface area (Å²) in [6, 6.07) is 16.1. The molecule has 10 heteroatoms. The molecule has 0 radical (unpaired) electrons. The number of carboxylic acids is 1. The fourth-order valence-corrected chi connectivity index (χ4v) is 4.37. The number of amides is 2. The highest BCUT2D eigenvalue weighted by molar-refractivity contribution is 5.96. The van der Waals surface area contributed by atoms with Gasteiger partial charge in [0.1, 0.15) is 6.61 Å². The summed E-state index contributed by atoms with van der Waals surface area (Å²) >= 11 is 0. The molecule has 0 spiro atoms. The number of hydrogen-bond donors (Lipinski definition) is 2. The minimum absolute atomic E-state index is 0.0827. The van der Waals surface area contributed by atoms with Crippen LogP contribution < -0.4 is 5.32 Å². The molecule has 1 unspecified atom stereocenters. The van der Waals surface area contributed by atoms with Gasteiger partial charge in [0, 0.05) is 18.5 Å². The Morgan fingerprint density at radius 1 is 1.09 bits per heavy atom. The van der Waals surface area contributed by atoms with Crippen molar-refractivity contribution in [3.05, 3.63) is 71.4 Å². The van der Waals surface area contributed by atoms with Gasteiger partial charge in [-0.25, -0.2) is 9.59 Å². The van der Waals surface area contributed by atoms with E-state index in [-0.39, 0.29) is 43.9 Å². The molecule has 1 fully saturated rings. The molecule has 1 aliphatic carbocycles. The number of nitrogens with one attached hydrogen (secondary N) is 1. The lowest BCUT2D eigenvalue weighted by molar-refractivity contribution is -0.147. The highest BCUT2D eigenvalue weighted by atomic mass is 16.6. The van der Waals surface area contributed by atoms with Gasteiger partial charge in [0.15, 0.2) is 11.7 Å². The molecule has 1 aromatic heterocycles. The first-order chi connectivity index (χ1) is 16.5. The summed E-state index contributed by atoms with van der Waals surface area (Å²) in [6.45, 7) is 0.341. The van der Waals surface area contributed by atoms with Crippen LogP contribution in [0.2, 0.25) is 0 Å². The van der Waals surface area contributed by atoms with E-state index in [1.54, 1.807) is 0 Å². The van der Waals surface area contributed by atoms with E-state index in [9.17, 15) is 19.5 Å². The Kier molecular flexibility index (Phi) is 5.72. The molecule has 1 atom stereocenters. The Morgan fingerprint density at radius 2 is 1.76 bits per heavy atom. The topological polar surface area (TPSA) is 131 Å². The average molecular weight is 463 g/mol. The quantitative estimate of drug-likeness (QED) is 0.590. The summed E-state index contributed by atoms with van der Waals surface area (Å²) in [6.07, 6.45) is -0.758. The first-order valence-electron chi connectivity index (χ1n) is 10.7. The molecule has 2 heterocycles. The van der Waals surface area contributed by atoms with E-state index >= 15 is 0 Å². The monoisotopic (exact) mass is 463 g/mol. The van der Waals surface area contributed by atoms with Crippen molar-refractivity contribution in [2.24, 2.45) is 0 Å². The van der Waals surface area contributed by atoms with Crippen molar-refractivity contribution in [2.75, 3.05) is 31.7 Å². The summed E-state index contributed by atoms with van der Waals surface area (Å²) in [5.74, 6) is -1.98. The molecule has 2 aliphatic rings. The summed E-state index contributed by atoms with van der Waals surface area (Å²) in [5, 5.41) is 15.4. The Balaban J connectivity index is 1.23. The maximum Gasteiger partial charge on any atom is 0.414 e. The van der Waals surface area contributed by atoms with E-state index in [0.29, 0.717) is 0 Å². The number of nitrogens with zero attached hydrogens (tertiary/aromatic N) is 2. The van der Waals surface area contributed by atoms with Gasteiger partial charge in [-0.15, -0.1) is 0 Å². The minimum atomic E-state index is -1.17. The molecule has 0 bridgehead atoms. The van der Waals surface area contributed by atoms with Crippen molar-refractivity contribution in [2.45, 2.75) is 12.0 Å². The molecular formula is C24H21N3O7. The third kappa shape index (κ3) is 3.99. The first kappa shape index (κ1) is 21.7. The molecule has 1 saturated heterocycles. The van der Waals surface area contributed by atoms with Gasteiger partial charge >= 0.3 is 12.1 Å². The van der Waals surface area contributed by atoms with Gasteiger partial charge in [-0.2, -0.15) is 0 Å². The number of rotatable bonds is 5. The highest BCUT2D eigenvalue weighted by Gasteiger charge is 2.35. The Bertz CT molecular complexity index is 1210. The van der Waals surface area contributed by atoms with E-state index in [0.717, 1.165) is 27.2 Å². The first-order valence-corrected chi connectivity index (χ1v) is 10.7. The molecule has 2 amide bonds. The van der Waals surface area contributed by atoms with E-state index < -0.39 is 24.0 Å². The third-order valence-corrected chi connectivity index (χ3v) is 5.97. The number of ether oxygens (including phenoxy) is 2. The van der Waals surface area contributed by atoms with Gasteiger partial charge in [0.2, 0.25) is 5.88 Å². The van der Waals surface area contributed by atoms with Crippen LogP contribution in [0.5, 0.6) is 0 Å². The van der Waals surface area contributed by atoms with Gasteiger partial charge in [0.05, 0.1) is 13.2 Å². The van der Waals surface area contributed by atoms with Gasteiger partial charge < -0.3 is 24.0 Å². The lowest BCUT2D eigenvalue weighted by Crippen LogP contribution is -2.52. The van der Waals surface area contributed by atoms with Crippen molar-refractivity contribution in [3.63, 3.8) is 0 Å². The predicted molar refractivity (Wildman–Crippen MR) is 118 cm³/mol. The van der Waals surface area contributed by atoms with Crippen molar-refractivity contribution in [1.82, 2.24) is 10.1 Å². The number of aliphatic carboxylic acids is 1. The van der Waals surface area contributed by atoms with Gasteiger partial charge in [-0.3, -0.25) is 10.1 Å². The molecule has 3 aromatic rings. The van der Waals surface area contributed by atoms with Gasteiger partial charge in [-0.05, 0) is 22.3 Å². The van der Waals surface area contributed by atoms with Gasteiger partial charge in [-0.1, -0.05) is 53.7 Å². The zero-order valence-corrected chi connectivity index (χ0v) is 18.0. The van der Waals surface area contributed by atoms with Crippen LogP contribution in [0.25, 0.3) is 11.1 Å². The molecule has 10 nitrogen and oxygen atoms in total. The zero-order valence-electron chi connectivity index (χ0n) is 18.0. The third-order valence-electron chi connectivity index (χ3n) is 5.97. The number of carboxylic acid groups (broad SMARTS) is 1. The summed E-state index contributed by atoms with van der Waals surface area (Å²) in [5.41, 5.74) is 4.29. The SMILES string of the molecule is O=C(Nc1cc(C(=O)N2CCOCC2C(=O)O)no1)OCC1c2ccccc2-c2ccccc21. The standard InChI is InChI=1S/C24H21N3O7/c28-22(27-9-10-32-13-20(27)23(29)30)19-11-21(34-26-19)25-24(31)33-12-18-16-7-3-1-5-14(16)15-6-2-4-8-17(15)18/h1-8,11,18,20H,9-10,12-13H2,(H,25,31)(H,29,30). The van der Waals surface area contributed by atoms with Crippen molar-refractivity contribution < 1.29 is 33.5 Å². The molecule has 174 valence electrons. The van der Waals surface area contributed by atoms with E-state index in [1.807, 2.05) is 48.5 Å². The normalized spacial score (nSPS) is 17.1. The van der Waals surface area contributed by atoms with Crippen molar-refractivity contribution in [3.8, 4) is 11.1 Å². The van der Waals surface area contributed by atoms with Crippen molar-refractivity contribution in [1.29, 1.82) is 0 Å². The number of hydrogen-bond acceptors (Lipinski definition) is 7. The molecule has 5 rings (SSSR count). The number of morpholine rings is 1. The van der Waals surface area contributed by atoms with Crippen LogP contribution in [0.4, 0.5) is 10.7 Å². The van der Waals surface area contributed by atoms with E-state index in [1.165, 1.54) is 6.07 Å². The maximum atomic E-state index is 12.7. The number of anilines is 1. The molecular weight excluding hydrogens is 442 g/mol. The van der Waals surface area contributed by atoms with Crippen LogP contribution >= 0.6 is 0 Å². The Labute approximate surface area is 194 Å². The minimum Gasteiger partial charge on any atom is -0.480 e. The average Bonchev–Trinajstić information content (AvgIpc) is 3.45. The number of fused-ring (bicyclic) bond motifs is 3. The van der Waals surface area contributed by atoms with Crippen LogP contribution in [0, 0.1) is 0 Å². The lowest BCUT2D eigenvalue weighted by Gasteiger charge is -2.32. The van der Waals surface area contributed by atoms with Crippen molar-refractivity contribution >= 4 is 23.9 Å². The predicted octanol–water partition coefficient (Wildman–Crippen LogP) is 2.96. The summed E-state index contributed by atoms with van der Waals surface area (Å²) in [7, 11) is 0. The second kappa shape index (κ2) is 8.99. The van der Waals surface area contributed by atoms with Crippen LogP contribution in [-0.4, -0.2) is 65.5 Å². The number of carbonyl (C=O) groups is 3. The number of carbonyl (C=O) groups excluding carboxylic acids is 2. The lowest BCUT2D eigenvalue weighted by atomic mass is 9.98. The van der Waals surface area contributed by atoms with Crippen LogP contribution in [0.3, 0.4) is 0 Å². The second-order valence-electron chi connectivity index (χ2n) is 7.95. The van der Waals surface area contributed by atoms with Gasteiger partial charge in [0.25, 0.3) is 5.91 Å². The van der Waals surface area contributed by atoms with Crippen LogP contribution in [0.15, 0.2) is 59.1 Å². The molecule has 34 heavy (non-hydrogen) atoms. The summed E-state index contributed by atoms with van der Waals surface area (Å²) < 4.78 is 15.6. The zero-order chi connectivity index (χ0) is 23.7. The Hall–Kier alpha value is -4.18. The molecule has 0 saturated carbocycles. The molecule has 2 aromatic carbocycles. The second-order valence-corrected chi connectivity index (χ2v) is 7.95. The summed E-state index contributed by atoms with van der Waals surface area (Å²) in [4.78, 5) is 37.6. The van der Waals surface area contributed by atoms with Crippen LogP contribution in [-0.2, 0) is 14.3 Å². The molecule has 1 aliphatic heterocycles. The number of aromatic nitrogens is 1. The smallest absolute Gasteiger partial charge is 0.414 e. The highest BCUT2D eigenvalue weighted by Crippen LogP contribution is 2.44.